The van der Waals surface area contributed by atoms with Crippen molar-refractivity contribution in [2.45, 2.75) is 32.2 Å². The van der Waals surface area contributed by atoms with Crippen molar-refractivity contribution in [1.29, 1.82) is 0 Å². The van der Waals surface area contributed by atoms with Gasteiger partial charge in [0.1, 0.15) is 0 Å². The van der Waals surface area contributed by atoms with Crippen LogP contribution in [0.4, 0.5) is 0 Å². The molecule has 0 aliphatic carbocycles. The largest absolute Gasteiger partial charge is 0.490 e. The van der Waals surface area contributed by atoms with Gasteiger partial charge in [0.2, 0.25) is 0 Å². The van der Waals surface area contributed by atoms with E-state index in [-0.39, 0.29) is 33.2 Å². The summed E-state index contributed by atoms with van der Waals surface area (Å²) in [4.78, 5) is 12.2. The van der Waals surface area contributed by atoms with E-state index in [2.05, 4.69) is 5.32 Å². The van der Waals surface area contributed by atoms with Gasteiger partial charge in [-0.1, -0.05) is 36.5 Å². The highest BCUT2D eigenvalue weighted by Gasteiger charge is 2.29. The Morgan fingerprint density at radius 3 is 2.52 bits per heavy atom. The number of hydrogen-bond acceptors (Lipinski definition) is 4. The number of benzene rings is 1. The van der Waals surface area contributed by atoms with Gasteiger partial charge in [0.05, 0.1) is 28.2 Å². The smallest absolute Gasteiger partial charge is 0.251 e. The van der Waals surface area contributed by atoms with Crippen molar-refractivity contribution >= 4 is 38.9 Å². The Morgan fingerprint density at radius 2 is 2.00 bits per heavy atom. The molecule has 23 heavy (non-hydrogen) atoms. The number of nitrogens with one attached hydrogen (secondary N) is 1. The number of halogens is 2. The summed E-state index contributed by atoms with van der Waals surface area (Å²) in [5, 5.41) is 3.22. The minimum Gasteiger partial charge on any atom is -0.490 e. The molecule has 8 heteroatoms. The lowest BCUT2D eigenvalue weighted by Crippen LogP contribution is -2.35. The minimum absolute atomic E-state index is 0.0293. The summed E-state index contributed by atoms with van der Waals surface area (Å²) in [5.74, 6) is 0.0417. The Hall–Kier alpha value is -0.980. The SMILES string of the molecule is CCCCOc1c(Cl)cc(C(=O)N[C@H]2CCS(=O)(=O)C2)cc1Cl. The molecule has 1 amide bonds. The standard InChI is InChI=1S/C15H19Cl2NO4S/c1-2-3-5-22-14-12(16)7-10(8-13(14)17)15(19)18-11-4-6-23(20,21)9-11/h7-8,11H,2-6,9H2,1H3,(H,18,19)/t11-/m0/s1. The van der Waals surface area contributed by atoms with Crippen LogP contribution in [0.5, 0.6) is 5.75 Å². The topological polar surface area (TPSA) is 72.5 Å². The van der Waals surface area contributed by atoms with Crippen molar-refractivity contribution in [2.75, 3.05) is 18.1 Å². The maximum Gasteiger partial charge on any atom is 0.251 e. The second-order valence-electron chi connectivity index (χ2n) is 5.54. The molecule has 2 rings (SSSR count). The molecule has 0 bridgehead atoms. The Morgan fingerprint density at radius 1 is 1.35 bits per heavy atom. The second kappa shape index (κ2) is 7.73. The van der Waals surface area contributed by atoms with Gasteiger partial charge in [-0.05, 0) is 25.0 Å². The van der Waals surface area contributed by atoms with E-state index in [0.717, 1.165) is 12.8 Å². The zero-order chi connectivity index (χ0) is 17.0. The number of unbranched alkanes of at least 4 members (excludes halogenated alkanes) is 1. The normalized spacial score (nSPS) is 19.5. The predicted octanol–water partition coefficient (Wildman–Crippen LogP) is 3.09. The first-order valence-corrected chi connectivity index (χ1v) is 10.0. The van der Waals surface area contributed by atoms with E-state index < -0.39 is 15.7 Å². The van der Waals surface area contributed by atoms with Crippen molar-refractivity contribution in [3.63, 3.8) is 0 Å². The van der Waals surface area contributed by atoms with Crippen LogP contribution in [0, 0.1) is 0 Å². The average Bonchev–Trinajstić information content (AvgIpc) is 2.80. The highest BCUT2D eigenvalue weighted by atomic mass is 35.5. The van der Waals surface area contributed by atoms with Gasteiger partial charge in [0.25, 0.3) is 5.91 Å². The number of sulfone groups is 1. The quantitative estimate of drug-likeness (QED) is 0.770. The third kappa shape index (κ3) is 4.99. The van der Waals surface area contributed by atoms with E-state index in [4.69, 9.17) is 27.9 Å². The van der Waals surface area contributed by atoms with Gasteiger partial charge in [-0.15, -0.1) is 0 Å². The van der Waals surface area contributed by atoms with Gasteiger partial charge >= 0.3 is 0 Å². The summed E-state index contributed by atoms with van der Waals surface area (Å²) in [6.07, 6.45) is 2.29. The minimum atomic E-state index is -3.05. The third-order valence-electron chi connectivity index (χ3n) is 3.57. The van der Waals surface area contributed by atoms with E-state index in [1.807, 2.05) is 6.92 Å². The van der Waals surface area contributed by atoms with Gasteiger partial charge in [-0.2, -0.15) is 0 Å². The van der Waals surface area contributed by atoms with E-state index in [1.54, 1.807) is 0 Å². The number of carbonyl (C=O) groups excluding carboxylic acids is 1. The van der Waals surface area contributed by atoms with Crippen molar-refractivity contribution in [1.82, 2.24) is 5.32 Å². The molecule has 0 saturated carbocycles. The van der Waals surface area contributed by atoms with Gasteiger partial charge in [0.15, 0.2) is 15.6 Å². The molecule has 0 unspecified atom stereocenters. The highest BCUT2D eigenvalue weighted by molar-refractivity contribution is 7.91. The number of ether oxygens (including phenoxy) is 1. The van der Waals surface area contributed by atoms with Crippen molar-refractivity contribution < 1.29 is 17.9 Å². The van der Waals surface area contributed by atoms with Gasteiger partial charge < -0.3 is 10.1 Å². The Bertz CT molecular complexity index is 668. The maximum absolute atomic E-state index is 12.2. The Labute approximate surface area is 146 Å². The van der Waals surface area contributed by atoms with E-state index in [1.165, 1.54) is 12.1 Å². The van der Waals surface area contributed by atoms with Crippen LogP contribution in [0.3, 0.4) is 0 Å². The van der Waals surface area contributed by atoms with E-state index in [9.17, 15) is 13.2 Å². The van der Waals surface area contributed by atoms with E-state index in [0.29, 0.717) is 18.8 Å². The number of hydrogen-bond donors (Lipinski definition) is 1. The molecule has 1 heterocycles. The molecule has 1 N–H and O–H groups in total. The fraction of sp³-hybridized carbons (Fsp3) is 0.533. The lowest BCUT2D eigenvalue weighted by atomic mass is 10.1. The maximum atomic E-state index is 12.2. The molecule has 0 aromatic heterocycles. The lowest BCUT2D eigenvalue weighted by Gasteiger charge is -2.14. The summed E-state index contributed by atoms with van der Waals surface area (Å²) < 4.78 is 28.4. The third-order valence-corrected chi connectivity index (χ3v) is 5.90. The van der Waals surface area contributed by atoms with Crippen LogP contribution < -0.4 is 10.1 Å². The van der Waals surface area contributed by atoms with E-state index >= 15 is 0 Å². The Kier molecular flexibility index (Phi) is 6.17. The first kappa shape index (κ1) is 18.4. The molecule has 0 spiro atoms. The van der Waals surface area contributed by atoms with Crippen LogP contribution in [0.25, 0.3) is 0 Å². The predicted molar refractivity (Wildman–Crippen MR) is 91.4 cm³/mol. The van der Waals surface area contributed by atoms with Crippen molar-refractivity contribution in [3.05, 3.63) is 27.7 Å². The molecule has 0 radical (unpaired) electrons. The molecule has 5 nitrogen and oxygen atoms in total. The van der Waals surface area contributed by atoms with Gasteiger partial charge in [-0.25, -0.2) is 8.42 Å². The van der Waals surface area contributed by atoms with Crippen LogP contribution in [0.2, 0.25) is 10.0 Å². The van der Waals surface area contributed by atoms with Crippen molar-refractivity contribution in [3.8, 4) is 5.75 Å². The highest BCUT2D eigenvalue weighted by Crippen LogP contribution is 2.34. The van der Waals surface area contributed by atoms with Gasteiger partial charge in [-0.3, -0.25) is 4.79 Å². The molecule has 1 aliphatic rings. The summed E-state index contributed by atoms with van der Waals surface area (Å²) in [5.41, 5.74) is 0.284. The molecule has 1 aromatic rings. The van der Waals surface area contributed by atoms with Crippen LogP contribution in [-0.4, -0.2) is 38.5 Å². The fourth-order valence-electron chi connectivity index (χ4n) is 2.33. The zero-order valence-corrected chi connectivity index (χ0v) is 15.1. The molecule has 1 atom stereocenters. The van der Waals surface area contributed by atoms with Crippen LogP contribution in [0.15, 0.2) is 12.1 Å². The summed E-state index contributed by atoms with van der Waals surface area (Å²) in [7, 11) is -3.05. The summed E-state index contributed by atoms with van der Waals surface area (Å²) in [6, 6.07) is 2.59. The van der Waals surface area contributed by atoms with Crippen LogP contribution in [0.1, 0.15) is 36.5 Å². The number of rotatable bonds is 6. The molecule has 1 saturated heterocycles. The molecular formula is C15H19Cl2NO4S. The Balaban J connectivity index is 2.06. The average molecular weight is 380 g/mol. The van der Waals surface area contributed by atoms with Crippen LogP contribution >= 0.6 is 23.2 Å². The molecule has 1 fully saturated rings. The summed E-state index contributed by atoms with van der Waals surface area (Å²) >= 11 is 12.3. The van der Waals surface area contributed by atoms with Crippen molar-refractivity contribution in [2.24, 2.45) is 0 Å². The molecule has 1 aromatic carbocycles. The summed E-state index contributed by atoms with van der Waals surface area (Å²) in [6.45, 7) is 2.55. The first-order valence-electron chi connectivity index (χ1n) is 7.45. The monoisotopic (exact) mass is 379 g/mol. The number of carbonyl (C=O) groups is 1. The molecule has 128 valence electrons. The molecule has 1 aliphatic heterocycles. The zero-order valence-electron chi connectivity index (χ0n) is 12.8. The fourth-order valence-corrected chi connectivity index (χ4v) is 4.59. The second-order valence-corrected chi connectivity index (χ2v) is 8.59. The van der Waals surface area contributed by atoms with Crippen LogP contribution in [-0.2, 0) is 9.84 Å². The van der Waals surface area contributed by atoms with Gasteiger partial charge in [0, 0.05) is 11.6 Å². The molecular weight excluding hydrogens is 361 g/mol. The lowest BCUT2D eigenvalue weighted by molar-refractivity contribution is 0.0941. The first-order chi connectivity index (χ1) is 10.8. The number of amides is 1.